The Morgan fingerprint density at radius 1 is 1.14 bits per heavy atom. The molecule has 2 N–H and O–H groups in total. The second-order valence-electron chi connectivity index (χ2n) is 4.33. The number of benzene rings is 1. The van der Waals surface area contributed by atoms with E-state index in [0.29, 0.717) is 5.56 Å². The van der Waals surface area contributed by atoms with Gasteiger partial charge in [-0.05, 0) is 12.1 Å². The van der Waals surface area contributed by atoms with Gasteiger partial charge in [-0.3, -0.25) is 9.78 Å². The maximum Gasteiger partial charge on any atom is 0.337 e. The number of nitrogens with one attached hydrogen (secondary N) is 1. The van der Waals surface area contributed by atoms with Crippen molar-refractivity contribution in [2.75, 3.05) is 5.32 Å². The summed E-state index contributed by atoms with van der Waals surface area (Å²) >= 11 is 1.47. The summed E-state index contributed by atoms with van der Waals surface area (Å²) in [6.45, 7) is 0. The molecule has 5 nitrogen and oxygen atoms in total. The van der Waals surface area contributed by atoms with Crippen molar-refractivity contribution in [3.8, 4) is 0 Å². The van der Waals surface area contributed by atoms with Gasteiger partial charge in [0.25, 0.3) is 5.91 Å². The lowest BCUT2D eigenvalue weighted by Gasteiger charge is -2.07. The van der Waals surface area contributed by atoms with Gasteiger partial charge in [0.15, 0.2) is 0 Å². The van der Waals surface area contributed by atoms with Gasteiger partial charge < -0.3 is 10.4 Å². The molecular formula is C15H10N2O3S. The number of rotatable bonds is 3. The number of carbonyl (C=O) groups excluding carboxylic acids is 1. The van der Waals surface area contributed by atoms with E-state index in [2.05, 4.69) is 10.3 Å². The number of aromatic carboxylic acids is 1. The van der Waals surface area contributed by atoms with Crippen LogP contribution < -0.4 is 5.32 Å². The molecular weight excluding hydrogens is 288 g/mol. The molecule has 2 heterocycles. The summed E-state index contributed by atoms with van der Waals surface area (Å²) in [6, 6.07) is 8.91. The molecule has 0 aliphatic rings. The minimum absolute atomic E-state index is 0.0119. The molecule has 0 atom stereocenters. The Kier molecular flexibility index (Phi) is 3.37. The first-order chi connectivity index (χ1) is 10.2. The molecule has 3 aromatic rings. The van der Waals surface area contributed by atoms with Crippen LogP contribution in [0.2, 0.25) is 0 Å². The van der Waals surface area contributed by atoms with Crippen molar-refractivity contribution < 1.29 is 14.7 Å². The number of pyridine rings is 1. The van der Waals surface area contributed by atoms with Gasteiger partial charge in [0.2, 0.25) is 0 Å². The number of hydrogen-bond acceptors (Lipinski definition) is 4. The molecule has 0 saturated heterocycles. The van der Waals surface area contributed by atoms with Gasteiger partial charge in [-0.15, -0.1) is 11.3 Å². The quantitative estimate of drug-likeness (QED) is 0.778. The molecule has 3 rings (SSSR count). The van der Waals surface area contributed by atoms with E-state index in [0.717, 1.165) is 10.1 Å². The lowest BCUT2D eigenvalue weighted by atomic mass is 10.1. The Balaban J connectivity index is 1.96. The molecule has 0 unspecified atom stereocenters. The van der Waals surface area contributed by atoms with Gasteiger partial charge in [0.1, 0.15) is 0 Å². The molecule has 0 aliphatic heterocycles. The first kappa shape index (κ1) is 13.3. The first-order valence-electron chi connectivity index (χ1n) is 6.11. The lowest BCUT2D eigenvalue weighted by Crippen LogP contribution is -2.14. The van der Waals surface area contributed by atoms with E-state index in [4.69, 9.17) is 5.11 Å². The Bertz CT molecular complexity index is 842. The smallest absolute Gasteiger partial charge is 0.337 e. The number of aromatic nitrogens is 1. The Morgan fingerprint density at radius 2 is 1.95 bits per heavy atom. The number of thiophene rings is 1. The minimum Gasteiger partial charge on any atom is -0.478 e. The molecule has 104 valence electrons. The number of amides is 1. The van der Waals surface area contributed by atoms with Crippen LogP contribution in [-0.2, 0) is 0 Å². The summed E-state index contributed by atoms with van der Waals surface area (Å²) in [5, 5.41) is 14.3. The zero-order valence-electron chi connectivity index (χ0n) is 10.7. The zero-order chi connectivity index (χ0) is 14.8. The molecule has 0 spiro atoms. The van der Waals surface area contributed by atoms with Crippen LogP contribution in [0.3, 0.4) is 0 Å². The summed E-state index contributed by atoms with van der Waals surface area (Å²) in [4.78, 5) is 27.3. The van der Waals surface area contributed by atoms with E-state index < -0.39 is 5.97 Å². The SMILES string of the molecule is O=C(O)c1ccncc1NC(=O)c1csc2ccccc12. The fraction of sp³-hybridized carbons (Fsp3) is 0. The van der Waals surface area contributed by atoms with Crippen molar-refractivity contribution in [2.24, 2.45) is 0 Å². The molecule has 0 aliphatic carbocycles. The number of nitrogens with zero attached hydrogens (tertiary/aromatic N) is 1. The van der Waals surface area contributed by atoms with Gasteiger partial charge in [0.05, 0.1) is 23.0 Å². The number of carboxylic acid groups (broad SMARTS) is 1. The minimum atomic E-state index is -1.11. The van der Waals surface area contributed by atoms with E-state index in [9.17, 15) is 9.59 Å². The van der Waals surface area contributed by atoms with Crippen LogP contribution >= 0.6 is 11.3 Å². The van der Waals surface area contributed by atoms with Crippen LogP contribution in [0.25, 0.3) is 10.1 Å². The van der Waals surface area contributed by atoms with Gasteiger partial charge in [-0.1, -0.05) is 18.2 Å². The predicted molar refractivity (Wildman–Crippen MR) is 81.0 cm³/mol. The highest BCUT2D eigenvalue weighted by atomic mass is 32.1. The fourth-order valence-electron chi connectivity index (χ4n) is 2.02. The second-order valence-corrected chi connectivity index (χ2v) is 5.24. The third kappa shape index (κ3) is 2.48. The number of anilines is 1. The first-order valence-corrected chi connectivity index (χ1v) is 6.99. The molecule has 2 aromatic heterocycles. The van der Waals surface area contributed by atoms with Gasteiger partial charge in [-0.2, -0.15) is 0 Å². The lowest BCUT2D eigenvalue weighted by molar-refractivity contribution is 0.0698. The second kappa shape index (κ2) is 5.34. The maximum atomic E-state index is 12.3. The molecule has 21 heavy (non-hydrogen) atoms. The molecule has 1 amide bonds. The van der Waals surface area contributed by atoms with Gasteiger partial charge in [-0.25, -0.2) is 4.79 Å². The summed E-state index contributed by atoms with van der Waals surface area (Å²) in [5.74, 6) is -1.45. The average molecular weight is 298 g/mol. The van der Waals surface area contributed by atoms with Crippen LogP contribution in [0, 0.1) is 0 Å². The van der Waals surface area contributed by atoms with E-state index in [1.165, 1.54) is 29.8 Å². The fourth-order valence-corrected chi connectivity index (χ4v) is 2.96. The van der Waals surface area contributed by atoms with Crippen LogP contribution in [0.15, 0.2) is 48.1 Å². The van der Waals surface area contributed by atoms with Crippen molar-refractivity contribution in [3.05, 3.63) is 59.2 Å². The predicted octanol–water partition coefficient (Wildman–Crippen LogP) is 3.25. The number of hydrogen-bond donors (Lipinski definition) is 2. The Hall–Kier alpha value is -2.73. The monoisotopic (exact) mass is 298 g/mol. The Labute approximate surface area is 123 Å². The molecule has 1 aromatic carbocycles. The number of fused-ring (bicyclic) bond motifs is 1. The van der Waals surface area contributed by atoms with Crippen molar-refractivity contribution in [1.29, 1.82) is 0 Å². The highest BCUT2D eigenvalue weighted by molar-refractivity contribution is 7.17. The van der Waals surface area contributed by atoms with E-state index in [-0.39, 0.29) is 17.2 Å². The highest BCUT2D eigenvalue weighted by Gasteiger charge is 2.16. The summed E-state index contributed by atoms with van der Waals surface area (Å²) in [5.41, 5.74) is 0.721. The van der Waals surface area contributed by atoms with Crippen LogP contribution in [-0.4, -0.2) is 22.0 Å². The van der Waals surface area contributed by atoms with Crippen molar-refractivity contribution in [3.63, 3.8) is 0 Å². The van der Waals surface area contributed by atoms with E-state index >= 15 is 0 Å². The molecule has 0 bridgehead atoms. The third-order valence-corrected chi connectivity index (χ3v) is 3.99. The van der Waals surface area contributed by atoms with Gasteiger partial charge in [0, 0.05) is 21.7 Å². The van der Waals surface area contributed by atoms with Crippen molar-refractivity contribution in [2.45, 2.75) is 0 Å². The highest BCUT2D eigenvalue weighted by Crippen LogP contribution is 2.26. The average Bonchev–Trinajstić information content (AvgIpc) is 2.91. The van der Waals surface area contributed by atoms with Crippen LogP contribution in [0.1, 0.15) is 20.7 Å². The molecule has 0 radical (unpaired) electrons. The maximum absolute atomic E-state index is 12.3. The standard InChI is InChI=1S/C15H10N2O3S/c18-14(11-8-21-13-4-2-1-3-9(11)13)17-12-7-16-6-5-10(12)15(19)20/h1-8H,(H,17,18)(H,19,20). The van der Waals surface area contributed by atoms with Crippen molar-refractivity contribution in [1.82, 2.24) is 4.98 Å². The third-order valence-electron chi connectivity index (χ3n) is 3.03. The topological polar surface area (TPSA) is 79.3 Å². The zero-order valence-corrected chi connectivity index (χ0v) is 11.6. The molecule has 6 heteroatoms. The van der Waals surface area contributed by atoms with Crippen LogP contribution in [0.4, 0.5) is 5.69 Å². The molecule has 0 fully saturated rings. The van der Waals surface area contributed by atoms with Crippen molar-refractivity contribution >= 4 is 39.0 Å². The number of carboxylic acids is 1. The van der Waals surface area contributed by atoms with E-state index in [1.54, 1.807) is 5.38 Å². The normalized spacial score (nSPS) is 10.5. The largest absolute Gasteiger partial charge is 0.478 e. The van der Waals surface area contributed by atoms with Crippen LogP contribution in [0.5, 0.6) is 0 Å². The van der Waals surface area contributed by atoms with E-state index in [1.807, 2.05) is 24.3 Å². The number of carbonyl (C=O) groups is 2. The molecule has 0 saturated carbocycles. The summed E-state index contributed by atoms with van der Waals surface area (Å²) in [6.07, 6.45) is 2.70. The Morgan fingerprint density at radius 3 is 2.76 bits per heavy atom. The van der Waals surface area contributed by atoms with Gasteiger partial charge >= 0.3 is 5.97 Å². The summed E-state index contributed by atoms with van der Waals surface area (Å²) in [7, 11) is 0. The summed E-state index contributed by atoms with van der Waals surface area (Å²) < 4.78 is 1.01.